The number of carbonyl (C=O) groups excluding carboxylic acids is 1. The van der Waals surface area contributed by atoms with Gasteiger partial charge in [-0.3, -0.25) is 14.7 Å². The maximum absolute atomic E-state index is 12.3. The molecule has 1 fully saturated rings. The zero-order valence-corrected chi connectivity index (χ0v) is 15.2. The molecule has 1 aliphatic rings. The zero-order chi connectivity index (χ0) is 18.2. The van der Waals surface area contributed by atoms with Crippen molar-refractivity contribution in [2.75, 3.05) is 20.1 Å². The van der Waals surface area contributed by atoms with Gasteiger partial charge in [0.2, 0.25) is 0 Å². The molecule has 2 heterocycles. The Morgan fingerprint density at radius 1 is 1.15 bits per heavy atom. The van der Waals surface area contributed by atoms with Crippen LogP contribution in [0.5, 0.6) is 0 Å². The van der Waals surface area contributed by atoms with Gasteiger partial charge in [0, 0.05) is 45.1 Å². The molecule has 6 heteroatoms. The van der Waals surface area contributed by atoms with E-state index in [2.05, 4.69) is 15.2 Å². The Morgan fingerprint density at radius 2 is 1.85 bits per heavy atom. The molecule has 6 nitrogen and oxygen atoms in total. The Hall–Kier alpha value is -2.44. The van der Waals surface area contributed by atoms with E-state index in [1.165, 1.54) is 10.6 Å². The summed E-state index contributed by atoms with van der Waals surface area (Å²) < 4.78 is 0. The summed E-state index contributed by atoms with van der Waals surface area (Å²) in [6, 6.07) is 13.9. The molecule has 0 saturated carbocycles. The molecule has 3 rings (SSSR count). The van der Waals surface area contributed by atoms with Crippen LogP contribution < -0.4 is 5.32 Å². The van der Waals surface area contributed by atoms with Crippen molar-refractivity contribution in [2.45, 2.75) is 32.0 Å². The molecule has 0 bridgehead atoms. The molecule has 26 heavy (non-hydrogen) atoms. The fraction of sp³-hybridized carbons (Fsp3) is 0.400. The molecule has 1 aromatic heterocycles. The van der Waals surface area contributed by atoms with Gasteiger partial charge in [-0.25, -0.2) is 9.86 Å². The summed E-state index contributed by atoms with van der Waals surface area (Å²) in [4.78, 5) is 24.3. The number of rotatable bonds is 6. The van der Waals surface area contributed by atoms with E-state index in [1.807, 2.05) is 54.9 Å². The molecular weight excluding hydrogens is 328 g/mol. The van der Waals surface area contributed by atoms with Crippen LogP contribution in [0.1, 0.15) is 24.0 Å². The van der Waals surface area contributed by atoms with Crippen molar-refractivity contribution in [3.63, 3.8) is 0 Å². The first kappa shape index (κ1) is 18.4. The minimum Gasteiger partial charge on any atom is -0.333 e. The zero-order valence-electron chi connectivity index (χ0n) is 15.2. The highest BCUT2D eigenvalue weighted by molar-refractivity contribution is 5.73. The molecule has 0 radical (unpaired) electrons. The second kappa shape index (κ2) is 9.31. The number of amides is 2. The van der Waals surface area contributed by atoms with Crippen molar-refractivity contribution in [3.05, 3.63) is 66.0 Å². The van der Waals surface area contributed by atoms with Crippen molar-refractivity contribution in [3.8, 4) is 0 Å². The maximum Gasteiger partial charge on any atom is 0.341 e. The number of hydroxylamine groups is 2. The molecule has 0 spiro atoms. The average molecular weight is 354 g/mol. The fourth-order valence-corrected chi connectivity index (χ4v) is 3.05. The van der Waals surface area contributed by atoms with Crippen LogP contribution >= 0.6 is 0 Å². The van der Waals surface area contributed by atoms with E-state index in [0.29, 0.717) is 6.61 Å². The van der Waals surface area contributed by atoms with Gasteiger partial charge in [-0.15, -0.1) is 0 Å². The van der Waals surface area contributed by atoms with Gasteiger partial charge in [0.1, 0.15) is 6.61 Å². The fourth-order valence-electron chi connectivity index (χ4n) is 3.05. The first-order valence-corrected chi connectivity index (χ1v) is 9.03. The molecule has 1 N–H and O–H groups in total. The molecule has 1 saturated heterocycles. The van der Waals surface area contributed by atoms with Gasteiger partial charge in [-0.05, 0) is 36.1 Å². The second-order valence-electron chi connectivity index (χ2n) is 6.61. The van der Waals surface area contributed by atoms with Crippen molar-refractivity contribution in [2.24, 2.45) is 0 Å². The topological polar surface area (TPSA) is 57.7 Å². The van der Waals surface area contributed by atoms with E-state index < -0.39 is 0 Å². The molecular formula is C20H26N4O2. The summed E-state index contributed by atoms with van der Waals surface area (Å²) in [5, 5.41) is 4.35. The number of nitrogens with one attached hydrogen (secondary N) is 1. The average Bonchev–Trinajstić information content (AvgIpc) is 2.69. The molecule has 138 valence electrons. The second-order valence-corrected chi connectivity index (χ2v) is 6.61. The highest BCUT2D eigenvalue weighted by Gasteiger charge is 2.22. The predicted molar refractivity (Wildman–Crippen MR) is 100 cm³/mol. The van der Waals surface area contributed by atoms with Crippen LogP contribution in [-0.2, 0) is 18.0 Å². The number of hydrogen-bond acceptors (Lipinski definition) is 4. The van der Waals surface area contributed by atoms with Gasteiger partial charge in [0.05, 0.1) is 0 Å². The van der Waals surface area contributed by atoms with Crippen LogP contribution in [0.2, 0.25) is 0 Å². The molecule has 2 amide bonds. The summed E-state index contributed by atoms with van der Waals surface area (Å²) in [5.74, 6) is 0. The molecule has 0 aliphatic carbocycles. The van der Waals surface area contributed by atoms with Crippen molar-refractivity contribution in [1.29, 1.82) is 0 Å². The molecule has 2 aromatic rings. The summed E-state index contributed by atoms with van der Waals surface area (Å²) in [6.45, 7) is 3.27. The van der Waals surface area contributed by atoms with Crippen LogP contribution in [0, 0.1) is 0 Å². The summed E-state index contributed by atoms with van der Waals surface area (Å²) in [5.41, 5.74) is 2.31. The SMILES string of the molecule is CN(OCc1ccccc1)C(=O)NC1CCN(Cc2ccncc2)CC1. The van der Waals surface area contributed by atoms with Gasteiger partial charge in [0.25, 0.3) is 0 Å². The Bertz CT molecular complexity index is 673. The standard InChI is InChI=1S/C20H26N4O2/c1-23(26-16-18-5-3-2-4-6-18)20(25)22-19-9-13-24(14-10-19)15-17-7-11-21-12-8-17/h2-8,11-12,19H,9-10,13-16H2,1H3,(H,22,25). The highest BCUT2D eigenvalue weighted by Crippen LogP contribution is 2.14. The number of aromatic nitrogens is 1. The van der Waals surface area contributed by atoms with E-state index in [4.69, 9.17) is 4.84 Å². The first-order valence-electron chi connectivity index (χ1n) is 9.03. The van der Waals surface area contributed by atoms with Gasteiger partial charge >= 0.3 is 6.03 Å². The lowest BCUT2D eigenvalue weighted by Crippen LogP contribution is -2.48. The normalized spacial score (nSPS) is 15.6. The Kier molecular flexibility index (Phi) is 6.57. The molecule has 1 aromatic carbocycles. The number of likely N-dealkylation sites (tertiary alicyclic amines) is 1. The third kappa shape index (κ3) is 5.54. The third-order valence-electron chi connectivity index (χ3n) is 4.62. The lowest BCUT2D eigenvalue weighted by atomic mass is 10.0. The number of hydrogen-bond donors (Lipinski definition) is 1. The summed E-state index contributed by atoms with van der Waals surface area (Å²) in [7, 11) is 1.65. The van der Waals surface area contributed by atoms with Crippen LogP contribution in [0.25, 0.3) is 0 Å². The number of benzene rings is 1. The van der Waals surface area contributed by atoms with E-state index in [9.17, 15) is 4.79 Å². The van der Waals surface area contributed by atoms with Crippen LogP contribution in [0.15, 0.2) is 54.9 Å². The monoisotopic (exact) mass is 354 g/mol. The minimum atomic E-state index is -0.187. The van der Waals surface area contributed by atoms with Gasteiger partial charge in [-0.2, -0.15) is 0 Å². The van der Waals surface area contributed by atoms with Crippen molar-refractivity contribution < 1.29 is 9.63 Å². The van der Waals surface area contributed by atoms with Crippen molar-refractivity contribution in [1.82, 2.24) is 20.3 Å². The predicted octanol–water partition coefficient (Wildman–Crippen LogP) is 2.82. The summed E-state index contributed by atoms with van der Waals surface area (Å²) >= 11 is 0. The number of urea groups is 1. The molecule has 1 aliphatic heterocycles. The Balaban J connectivity index is 1.37. The van der Waals surface area contributed by atoms with Gasteiger partial charge in [0.15, 0.2) is 0 Å². The smallest absolute Gasteiger partial charge is 0.333 e. The van der Waals surface area contributed by atoms with E-state index in [0.717, 1.165) is 38.0 Å². The molecule has 0 unspecified atom stereocenters. The largest absolute Gasteiger partial charge is 0.341 e. The first-order chi connectivity index (χ1) is 12.7. The van der Waals surface area contributed by atoms with Crippen molar-refractivity contribution >= 4 is 6.03 Å². The van der Waals surface area contributed by atoms with Crippen LogP contribution in [0.4, 0.5) is 4.79 Å². The minimum absolute atomic E-state index is 0.187. The maximum atomic E-state index is 12.3. The third-order valence-corrected chi connectivity index (χ3v) is 4.62. The van der Waals surface area contributed by atoms with Crippen LogP contribution in [-0.4, -0.2) is 47.2 Å². The van der Waals surface area contributed by atoms with E-state index in [-0.39, 0.29) is 12.1 Å². The highest BCUT2D eigenvalue weighted by atomic mass is 16.7. The Labute approximate surface area is 154 Å². The van der Waals surface area contributed by atoms with E-state index >= 15 is 0 Å². The lowest BCUT2D eigenvalue weighted by Gasteiger charge is -2.33. The number of pyridine rings is 1. The van der Waals surface area contributed by atoms with Crippen LogP contribution in [0.3, 0.4) is 0 Å². The summed E-state index contributed by atoms with van der Waals surface area (Å²) in [6.07, 6.45) is 5.55. The quantitative estimate of drug-likeness (QED) is 0.811. The number of nitrogens with zero attached hydrogens (tertiary/aromatic N) is 3. The van der Waals surface area contributed by atoms with Gasteiger partial charge in [-0.1, -0.05) is 30.3 Å². The van der Waals surface area contributed by atoms with Gasteiger partial charge < -0.3 is 5.32 Å². The molecule has 0 atom stereocenters. The lowest BCUT2D eigenvalue weighted by molar-refractivity contribution is -0.110. The Morgan fingerprint density at radius 3 is 2.54 bits per heavy atom. The number of carbonyl (C=O) groups is 1. The van der Waals surface area contributed by atoms with E-state index in [1.54, 1.807) is 7.05 Å². The number of piperidine rings is 1.